The Kier molecular flexibility index (Phi) is 5.02. The van der Waals surface area contributed by atoms with Crippen molar-refractivity contribution in [3.05, 3.63) is 55.1 Å². The molecule has 2 amide bonds. The number of nitrogens with zero attached hydrogens (tertiary/aromatic N) is 2. The van der Waals surface area contributed by atoms with E-state index in [2.05, 4.69) is 4.98 Å². The highest BCUT2D eigenvalue weighted by atomic mass is 32.1. The maximum absolute atomic E-state index is 13.8. The molecule has 29 heavy (non-hydrogen) atoms. The van der Waals surface area contributed by atoms with E-state index in [4.69, 9.17) is 0 Å². The summed E-state index contributed by atoms with van der Waals surface area (Å²) in [6, 6.07) is 3.68. The summed E-state index contributed by atoms with van der Waals surface area (Å²) in [6.07, 6.45) is 1.80. The molecule has 0 aromatic carbocycles. The zero-order valence-electron chi connectivity index (χ0n) is 16.0. The van der Waals surface area contributed by atoms with Gasteiger partial charge in [-0.1, -0.05) is 0 Å². The van der Waals surface area contributed by atoms with Crippen molar-refractivity contribution in [3.63, 3.8) is 0 Å². The summed E-state index contributed by atoms with van der Waals surface area (Å²) in [6.45, 7) is 2.10. The number of hydrogen-bond acceptors (Lipinski definition) is 4. The SMILES string of the molecule is Cc1ccc(C(=O)N2CCc3c(c[nH]c(=O)c3C(=O)N3CCCC(F)(F)C3)C2)s1. The Balaban J connectivity index is 1.60. The first-order valence-electron chi connectivity index (χ1n) is 9.51. The number of carbonyl (C=O) groups excluding carboxylic acids is 2. The van der Waals surface area contributed by atoms with E-state index in [1.807, 2.05) is 13.0 Å². The molecule has 154 valence electrons. The van der Waals surface area contributed by atoms with Gasteiger partial charge in [0, 0.05) is 37.1 Å². The van der Waals surface area contributed by atoms with Crippen LogP contribution in [0.4, 0.5) is 8.78 Å². The van der Waals surface area contributed by atoms with Crippen LogP contribution in [0.1, 0.15) is 48.9 Å². The smallest absolute Gasteiger partial charge is 0.265 e. The zero-order chi connectivity index (χ0) is 20.8. The lowest BCUT2D eigenvalue weighted by Crippen LogP contribution is -2.48. The zero-order valence-corrected chi connectivity index (χ0v) is 16.8. The molecule has 2 aliphatic heterocycles. The van der Waals surface area contributed by atoms with Crippen molar-refractivity contribution in [1.29, 1.82) is 0 Å². The number of carbonyl (C=O) groups is 2. The predicted molar refractivity (Wildman–Crippen MR) is 105 cm³/mol. The van der Waals surface area contributed by atoms with Gasteiger partial charge < -0.3 is 14.8 Å². The first-order chi connectivity index (χ1) is 13.7. The Morgan fingerprint density at radius 2 is 1.97 bits per heavy atom. The molecule has 2 aromatic rings. The van der Waals surface area contributed by atoms with E-state index in [1.54, 1.807) is 11.0 Å². The van der Waals surface area contributed by atoms with Crippen LogP contribution in [0.5, 0.6) is 0 Å². The fraction of sp³-hybridized carbons (Fsp3) is 0.450. The Hall–Kier alpha value is -2.55. The maximum atomic E-state index is 13.8. The van der Waals surface area contributed by atoms with Gasteiger partial charge in [-0.3, -0.25) is 14.4 Å². The minimum absolute atomic E-state index is 0.0701. The number of amides is 2. The van der Waals surface area contributed by atoms with Gasteiger partial charge in [0.05, 0.1) is 11.4 Å². The monoisotopic (exact) mass is 421 g/mol. The number of alkyl halides is 2. The summed E-state index contributed by atoms with van der Waals surface area (Å²) in [4.78, 5) is 45.0. The second-order valence-electron chi connectivity index (χ2n) is 7.57. The van der Waals surface area contributed by atoms with E-state index in [0.29, 0.717) is 29.0 Å². The van der Waals surface area contributed by atoms with Crippen molar-refractivity contribution < 1.29 is 18.4 Å². The summed E-state index contributed by atoms with van der Waals surface area (Å²) in [5.74, 6) is -3.68. The van der Waals surface area contributed by atoms with Gasteiger partial charge in [-0.25, -0.2) is 8.78 Å². The third kappa shape index (κ3) is 3.83. The van der Waals surface area contributed by atoms with E-state index in [1.165, 1.54) is 17.5 Å². The highest BCUT2D eigenvalue weighted by Crippen LogP contribution is 2.29. The molecule has 2 aromatic heterocycles. The quantitative estimate of drug-likeness (QED) is 0.811. The molecule has 0 atom stereocenters. The average Bonchev–Trinajstić information content (AvgIpc) is 3.12. The molecule has 0 spiro atoms. The fourth-order valence-electron chi connectivity index (χ4n) is 3.97. The largest absolute Gasteiger partial charge is 0.333 e. The topological polar surface area (TPSA) is 73.5 Å². The number of pyridine rings is 1. The highest BCUT2D eigenvalue weighted by molar-refractivity contribution is 7.13. The van der Waals surface area contributed by atoms with Crippen molar-refractivity contribution >= 4 is 23.2 Å². The van der Waals surface area contributed by atoms with E-state index >= 15 is 0 Å². The molecule has 1 saturated heterocycles. The first kappa shape index (κ1) is 19.8. The summed E-state index contributed by atoms with van der Waals surface area (Å²) >= 11 is 1.42. The Morgan fingerprint density at radius 1 is 1.17 bits per heavy atom. The lowest BCUT2D eigenvalue weighted by atomic mass is 9.95. The first-order valence-corrected chi connectivity index (χ1v) is 10.3. The fourth-order valence-corrected chi connectivity index (χ4v) is 4.81. The number of H-pyrrole nitrogens is 1. The number of nitrogens with one attached hydrogen (secondary N) is 1. The predicted octanol–water partition coefficient (Wildman–Crippen LogP) is 2.81. The number of rotatable bonds is 2. The van der Waals surface area contributed by atoms with Crippen molar-refractivity contribution in [2.45, 2.75) is 38.7 Å². The second kappa shape index (κ2) is 7.37. The molecule has 2 aliphatic rings. The van der Waals surface area contributed by atoms with Crippen molar-refractivity contribution in [2.75, 3.05) is 19.6 Å². The molecule has 0 bridgehead atoms. The molecule has 9 heteroatoms. The third-order valence-electron chi connectivity index (χ3n) is 5.42. The number of piperidine rings is 1. The van der Waals surface area contributed by atoms with Crippen LogP contribution >= 0.6 is 11.3 Å². The van der Waals surface area contributed by atoms with Crippen LogP contribution in [0.25, 0.3) is 0 Å². The Bertz CT molecular complexity index is 1030. The highest BCUT2D eigenvalue weighted by Gasteiger charge is 2.39. The number of aromatic nitrogens is 1. The van der Waals surface area contributed by atoms with Gasteiger partial charge in [0.1, 0.15) is 5.56 Å². The molecule has 4 rings (SSSR count). The Labute approximate surface area is 170 Å². The summed E-state index contributed by atoms with van der Waals surface area (Å²) < 4.78 is 27.5. The molecule has 0 unspecified atom stereocenters. The van der Waals surface area contributed by atoms with E-state index in [0.717, 1.165) is 9.78 Å². The molecule has 0 radical (unpaired) electrons. The number of hydrogen-bond donors (Lipinski definition) is 1. The third-order valence-corrected chi connectivity index (χ3v) is 6.41. The van der Waals surface area contributed by atoms with Crippen LogP contribution in [-0.2, 0) is 13.0 Å². The minimum Gasteiger partial charge on any atom is -0.333 e. The normalized spacial score (nSPS) is 18.4. The number of aryl methyl sites for hydroxylation is 1. The molecular weight excluding hydrogens is 400 g/mol. The molecule has 0 aliphatic carbocycles. The van der Waals surface area contributed by atoms with Crippen LogP contribution in [-0.4, -0.2) is 52.2 Å². The number of fused-ring (bicyclic) bond motifs is 1. The lowest BCUT2D eigenvalue weighted by Gasteiger charge is -2.34. The number of likely N-dealkylation sites (tertiary alicyclic amines) is 1. The van der Waals surface area contributed by atoms with Crippen LogP contribution in [0.2, 0.25) is 0 Å². The summed E-state index contributed by atoms with van der Waals surface area (Å²) in [7, 11) is 0. The summed E-state index contributed by atoms with van der Waals surface area (Å²) in [5.41, 5.74) is 0.583. The van der Waals surface area contributed by atoms with Crippen molar-refractivity contribution in [2.24, 2.45) is 0 Å². The van der Waals surface area contributed by atoms with Crippen molar-refractivity contribution in [1.82, 2.24) is 14.8 Å². The number of thiophene rings is 1. The van der Waals surface area contributed by atoms with Gasteiger partial charge in [0.15, 0.2) is 0 Å². The van der Waals surface area contributed by atoms with Gasteiger partial charge in [-0.15, -0.1) is 11.3 Å². The van der Waals surface area contributed by atoms with E-state index in [-0.39, 0.29) is 37.4 Å². The molecule has 6 nitrogen and oxygen atoms in total. The van der Waals surface area contributed by atoms with Crippen LogP contribution in [0.3, 0.4) is 0 Å². The lowest BCUT2D eigenvalue weighted by molar-refractivity contribution is -0.0561. The number of halogens is 2. The molecule has 0 saturated carbocycles. The van der Waals surface area contributed by atoms with Gasteiger partial charge >= 0.3 is 0 Å². The Morgan fingerprint density at radius 3 is 2.66 bits per heavy atom. The van der Waals surface area contributed by atoms with Gasteiger partial charge in [-0.05, 0) is 43.0 Å². The van der Waals surface area contributed by atoms with E-state index in [9.17, 15) is 23.2 Å². The number of aromatic amines is 1. The van der Waals surface area contributed by atoms with Gasteiger partial charge in [-0.2, -0.15) is 0 Å². The van der Waals surface area contributed by atoms with Crippen LogP contribution in [0, 0.1) is 6.92 Å². The van der Waals surface area contributed by atoms with Crippen LogP contribution < -0.4 is 5.56 Å². The summed E-state index contributed by atoms with van der Waals surface area (Å²) in [5, 5.41) is 0. The maximum Gasteiger partial charge on any atom is 0.265 e. The second-order valence-corrected chi connectivity index (χ2v) is 8.86. The van der Waals surface area contributed by atoms with E-state index < -0.39 is 23.9 Å². The van der Waals surface area contributed by atoms with Gasteiger partial charge in [0.2, 0.25) is 0 Å². The molecule has 1 N–H and O–H groups in total. The minimum atomic E-state index is -2.93. The molecule has 1 fully saturated rings. The van der Waals surface area contributed by atoms with Crippen LogP contribution in [0.15, 0.2) is 23.1 Å². The average molecular weight is 421 g/mol. The van der Waals surface area contributed by atoms with Crippen molar-refractivity contribution in [3.8, 4) is 0 Å². The molecule has 4 heterocycles. The van der Waals surface area contributed by atoms with Gasteiger partial charge in [0.25, 0.3) is 23.3 Å². The molecular formula is C20H21F2N3O3S. The standard InChI is InChI=1S/C20H21F2N3O3S/c1-12-3-4-15(29-12)18(27)24-8-5-14-13(10-24)9-23-17(26)16(14)19(28)25-7-2-6-20(21,22)11-25/h3-4,9H,2,5-8,10-11H2,1H3,(H,23,26).